The Labute approximate surface area is 147 Å². The number of nitrogens with one attached hydrogen (secondary N) is 1. The van der Waals surface area contributed by atoms with Gasteiger partial charge in [-0.05, 0) is 26.1 Å². The second kappa shape index (κ2) is 11.5. The van der Waals surface area contributed by atoms with Crippen LogP contribution < -0.4 is 5.32 Å². The van der Waals surface area contributed by atoms with E-state index in [0.717, 1.165) is 58.9 Å². The van der Waals surface area contributed by atoms with Crippen molar-refractivity contribution in [1.29, 1.82) is 0 Å². The van der Waals surface area contributed by atoms with E-state index in [2.05, 4.69) is 29.0 Å². The zero-order chi connectivity index (χ0) is 14.4. The molecule has 0 aromatic heterocycles. The highest BCUT2D eigenvalue weighted by atomic mass is 35.5. The molecule has 2 fully saturated rings. The van der Waals surface area contributed by atoms with Crippen LogP contribution in [0.25, 0.3) is 0 Å². The summed E-state index contributed by atoms with van der Waals surface area (Å²) in [6, 6.07) is 0.694. The molecule has 2 heterocycles. The SMILES string of the molecule is CCN(CC)C1CCN(CCC(=O)N2CCNCC2)C1.Cl.Cl. The van der Waals surface area contributed by atoms with Gasteiger partial charge in [0.25, 0.3) is 0 Å². The predicted octanol–water partition coefficient (Wildman–Crippen LogP) is 1.07. The van der Waals surface area contributed by atoms with Gasteiger partial charge in [-0.1, -0.05) is 13.8 Å². The van der Waals surface area contributed by atoms with Crippen molar-refractivity contribution in [3.63, 3.8) is 0 Å². The normalized spacial score (nSPS) is 22.3. The standard InChI is InChI=1S/C15H30N4O.2ClH/c1-3-18(4-2)14-5-9-17(13-14)10-6-15(20)19-11-7-16-8-12-19;;/h14,16H,3-13H2,1-2H3;2*1H. The topological polar surface area (TPSA) is 38.8 Å². The van der Waals surface area contributed by atoms with Crippen molar-refractivity contribution < 1.29 is 4.79 Å². The molecule has 0 aromatic carbocycles. The maximum Gasteiger partial charge on any atom is 0.223 e. The molecule has 0 spiro atoms. The van der Waals surface area contributed by atoms with Crippen LogP contribution >= 0.6 is 24.8 Å². The number of hydrogen-bond donors (Lipinski definition) is 1. The molecular formula is C15H32Cl2N4O. The Bertz CT molecular complexity index is 310. The average Bonchev–Trinajstić information content (AvgIpc) is 2.96. The lowest BCUT2D eigenvalue weighted by atomic mass is 10.2. The fourth-order valence-electron chi connectivity index (χ4n) is 3.38. The van der Waals surface area contributed by atoms with Crippen LogP contribution in [0.5, 0.6) is 0 Å². The summed E-state index contributed by atoms with van der Waals surface area (Å²) >= 11 is 0. The van der Waals surface area contributed by atoms with Gasteiger partial charge in [0.2, 0.25) is 5.91 Å². The van der Waals surface area contributed by atoms with Crippen molar-refractivity contribution in [2.75, 3.05) is 58.9 Å². The van der Waals surface area contributed by atoms with Gasteiger partial charge in [-0.25, -0.2) is 0 Å². The first-order valence-corrected chi connectivity index (χ1v) is 8.19. The summed E-state index contributed by atoms with van der Waals surface area (Å²) in [6.07, 6.45) is 1.94. The molecule has 2 aliphatic heterocycles. The van der Waals surface area contributed by atoms with Gasteiger partial charge in [-0.3, -0.25) is 9.69 Å². The van der Waals surface area contributed by atoms with Gasteiger partial charge in [-0.15, -0.1) is 24.8 Å². The van der Waals surface area contributed by atoms with E-state index in [-0.39, 0.29) is 24.8 Å². The number of hydrogen-bond acceptors (Lipinski definition) is 4. The summed E-state index contributed by atoms with van der Waals surface area (Å²) in [7, 11) is 0. The second-order valence-corrected chi connectivity index (χ2v) is 5.85. The van der Waals surface area contributed by atoms with Gasteiger partial charge >= 0.3 is 0 Å². The first-order valence-electron chi connectivity index (χ1n) is 8.19. The van der Waals surface area contributed by atoms with Crippen molar-refractivity contribution in [2.45, 2.75) is 32.7 Å². The Kier molecular flexibility index (Phi) is 11.4. The van der Waals surface area contributed by atoms with E-state index in [1.165, 1.54) is 6.42 Å². The molecule has 22 heavy (non-hydrogen) atoms. The number of nitrogens with zero attached hydrogens (tertiary/aromatic N) is 3. The third-order valence-electron chi connectivity index (χ3n) is 4.69. The minimum Gasteiger partial charge on any atom is -0.340 e. The number of likely N-dealkylation sites (tertiary alicyclic amines) is 1. The van der Waals surface area contributed by atoms with Crippen molar-refractivity contribution in [3.8, 4) is 0 Å². The molecule has 1 atom stereocenters. The van der Waals surface area contributed by atoms with E-state index in [9.17, 15) is 4.79 Å². The summed E-state index contributed by atoms with van der Waals surface area (Å²) in [6.45, 7) is 13.6. The van der Waals surface area contributed by atoms with E-state index in [1.807, 2.05) is 4.90 Å². The third kappa shape index (κ3) is 6.20. The first kappa shape index (κ1) is 21.9. The minimum absolute atomic E-state index is 0. The van der Waals surface area contributed by atoms with E-state index < -0.39 is 0 Å². The zero-order valence-electron chi connectivity index (χ0n) is 13.9. The monoisotopic (exact) mass is 354 g/mol. The smallest absolute Gasteiger partial charge is 0.223 e. The maximum absolute atomic E-state index is 12.1. The van der Waals surface area contributed by atoms with Crippen LogP contribution in [0.3, 0.4) is 0 Å². The van der Waals surface area contributed by atoms with Crippen LogP contribution in [0, 0.1) is 0 Å². The highest BCUT2D eigenvalue weighted by Crippen LogP contribution is 2.15. The Balaban J connectivity index is 0.00000220. The van der Waals surface area contributed by atoms with Crippen LogP contribution in [0.15, 0.2) is 0 Å². The van der Waals surface area contributed by atoms with Crippen LogP contribution in [-0.4, -0.2) is 85.6 Å². The molecule has 0 aliphatic carbocycles. The summed E-state index contributed by atoms with van der Waals surface area (Å²) in [4.78, 5) is 19.2. The average molecular weight is 355 g/mol. The van der Waals surface area contributed by atoms with E-state index >= 15 is 0 Å². The molecule has 7 heteroatoms. The molecule has 1 N–H and O–H groups in total. The van der Waals surface area contributed by atoms with Gasteiger partial charge < -0.3 is 15.1 Å². The summed E-state index contributed by atoms with van der Waals surface area (Å²) in [5, 5.41) is 3.29. The Morgan fingerprint density at radius 2 is 1.77 bits per heavy atom. The molecule has 0 radical (unpaired) electrons. The number of halogens is 2. The minimum atomic E-state index is 0. The summed E-state index contributed by atoms with van der Waals surface area (Å²) in [5.74, 6) is 0.331. The molecule has 2 rings (SSSR count). The van der Waals surface area contributed by atoms with Crippen molar-refractivity contribution in [3.05, 3.63) is 0 Å². The lowest BCUT2D eigenvalue weighted by molar-refractivity contribution is -0.132. The number of carbonyl (C=O) groups is 1. The maximum atomic E-state index is 12.1. The van der Waals surface area contributed by atoms with Crippen LogP contribution in [0.2, 0.25) is 0 Å². The van der Waals surface area contributed by atoms with Gasteiger partial charge in [-0.2, -0.15) is 0 Å². The van der Waals surface area contributed by atoms with Gasteiger partial charge in [0.1, 0.15) is 0 Å². The molecule has 0 saturated carbocycles. The highest BCUT2D eigenvalue weighted by Gasteiger charge is 2.26. The Morgan fingerprint density at radius 3 is 2.36 bits per heavy atom. The third-order valence-corrected chi connectivity index (χ3v) is 4.69. The predicted molar refractivity (Wildman–Crippen MR) is 96.3 cm³/mol. The van der Waals surface area contributed by atoms with E-state index in [0.29, 0.717) is 18.4 Å². The van der Waals surface area contributed by atoms with Gasteiger partial charge in [0.05, 0.1) is 0 Å². The lowest BCUT2D eigenvalue weighted by Crippen LogP contribution is -2.47. The molecule has 132 valence electrons. The van der Waals surface area contributed by atoms with Gasteiger partial charge in [0, 0.05) is 51.7 Å². The second-order valence-electron chi connectivity index (χ2n) is 5.85. The largest absolute Gasteiger partial charge is 0.340 e. The molecular weight excluding hydrogens is 323 g/mol. The molecule has 2 saturated heterocycles. The molecule has 0 bridgehead atoms. The van der Waals surface area contributed by atoms with Crippen LogP contribution in [-0.2, 0) is 4.79 Å². The molecule has 0 aromatic rings. The van der Waals surface area contributed by atoms with Gasteiger partial charge in [0.15, 0.2) is 0 Å². The lowest BCUT2D eigenvalue weighted by Gasteiger charge is -2.28. The first-order chi connectivity index (χ1) is 9.74. The van der Waals surface area contributed by atoms with E-state index in [4.69, 9.17) is 0 Å². The Morgan fingerprint density at radius 1 is 1.14 bits per heavy atom. The highest BCUT2D eigenvalue weighted by molar-refractivity contribution is 5.85. The summed E-state index contributed by atoms with van der Waals surface area (Å²) < 4.78 is 0. The molecule has 2 aliphatic rings. The zero-order valence-corrected chi connectivity index (χ0v) is 15.6. The van der Waals surface area contributed by atoms with E-state index in [1.54, 1.807) is 0 Å². The van der Waals surface area contributed by atoms with Crippen molar-refractivity contribution >= 4 is 30.7 Å². The molecule has 5 nitrogen and oxygen atoms in total. The van der Waals surface area contributed by atoms with Crippen molar-refractivity contribution in [2.24, 2.45) is 0 Å². The van der Waals surface area contributed by atoms with Crippen LogP contribution in [0.4, 0.5) is 0 Å². The summed E-state index contributed by atoms with van der Waals surface area (Å²) in [5.41, 5.74) is 0. The number of carbonyl (C=O) groups excluding carboxylic acids is 1. The fraction of sp³-hybridized carbons (Fsp3) is 0.933. The Hall–Kier alpha value is -0.0700. The number of piperazine rings is 1. The fourth-order valence-corrected chi connectivity index (χ4v) is 3.38. The van der Waals surface area contributed by atoms with Crippen molar-refractivity contribution in [1.82, 2.24) is 20.0 Å². The molecule has 1 amide bonds. The molecule has 1 unspecified atom stereocenters. The quantitative estimate of drug-likeness (QED) is 0.774. The number of amides is 1. The number of rotatable bonds is 6. The van der Waals surface area contributed by atoms with Crippen LogP contribution in [0.1, 0.15) is 26.7 Å². The number of likely N-dealkylation sites (N-methyl/N-ethyl adjacent to an activating group) is 1.